The van der Waals surface area contributed by atoms with E-state index in [9.17, 15) is 22.0 Å². The first-order valence-corrected chi connectivity index (χ1v) is 8.29. The molecule has 118 valence electrons. The van der Waals surface area contributed by atoms with Crippen LogP contribution in [-0.4, -0.2) is 33.2 Å². The van der Waals surface area contributed by atoms with Gasteiger partial charge in [-0.15, -0.1) is 0 Å². The van der Waals surface area contributed by atoms with Gasteiger partial charge >= 0.3 is 21.3 Å². The van der Waals surface area contributed by atoms with Gasteiger partial charge in [-0.05, 0) is 37.5 Å². The molecule has 0 spiro atoms. The number of nitrogens with one attached hydrogen (secondary N) is 1. The zero-order valence-corrected chi connectivity index (χ0v) is 12.4. The van der Waals surface area contributed by atoms with Crippen LogP contribution in [0.15, 0.2) is 11.6 Å². The summed E-state index contributed by atoms with van der Waals surface area (Å²) >= 11 is 0. The van der Waals surface area contributed by atoms with Gasteiger partial charge in [0.05, 0.1) is 7.11 Å². The first kappa shape index (κ1) is 14.9. The molecule has 1 N–H and O–H groups in total. The minimum Gasteiger partial charge on any atom is -0.349 e. The Bertz CT molecular complexity index is 616. The molecule has 4 aliphatic rings. The fourth-order valence-corrected chi connectivity index (χ4v) is 4.63. The summed E-state index contributed by atoms with van der Waals surface area (Å²) in [6.07, 6.45) is 6.10. The molecule has 0 aliphatic heterocycles. The van der Waals surface area contributed by atoms with Gasteiger partial charge in [0.15, 0.2) is 0 Å². The second-order valence-corrected chi connectivity index (χ2v) is 7.96. The standard InChI is InChI=1S/C13H17F2NO4S/c1-20-21(18,19)13(14,15)11(17)16-7-12-5-8-2-3-10(12)9(4-8)6-12/h3,8-9H,2,4-7H2,1H3,(H,16,17). The number of carbonyl (C=O) groups is 1. The molecule has 0 aromatic rings. The summed E-state index contributed by atoms with van der Waals surface area (Å²) in [5.41, 5.74) is 1.03. The van der Waals surface area contributed by atoms with E-state index in [2.05, 4.69) is 15.6 Å². The lowest BCUT2D eigenvalue weighted by Crippen LogP contribution is -2.57. The van der Waals surface area contributed by atoms with Crippen molar-refractivity contribution in [2.45, 2.75) is 30.9 Å². The summed E-state index contributed by atoms with van der Waals surface area (Å²) in [7, 11) is -4.62. The molecule has 4 bridgehead atoms. The van der Waals surface area contributed by atoms with Gasteiger partial charge < -0.3 is 5.32 Å². The maximum absolute atomic E-state index is 13.5. The summed E-state index contributed by atoms with van der Waals surface area (Å²) in [5.74, 6) is -0.733. The molecule has 2 fully saturated rings. The Morgan fingerprint density at radius 1 is 1.52 bits per heavy atom. The predicted molar refractivity (Wildman–Crippen MR) is 69.8 cm³/mol. The van der Waals surface area contributed by atoms with E-state index in [0.717, 1.165) is 25.7 Å². The zero-order chi connectivity index (χ0) is 15.5. The second-order valence-electron chi connectivity index (χ2n) is 6.20. The molecule has 0 aromatic heterocycles. The number of carbonyl (C=O) groups excluding carboxylic acids is 1. The predicted octanol–water partition coefficient (Wildman–Crippen LogP) is 1.42. The van der Waals surface area contributed by atoms with Crippen LogP contribution in [0.3, 0.4) is 0 Å². The van der Waals surface area contributed by atoms with Gasteiger partial charge in [0.2, 0.25) is 0 Å². The van der Waals surface area contributed by atoms with Crippen LogP contribution in [0, 0.1) is 17.3 Å². The van der Waals surface area contributed by atoms with E-state index in [1.807, 2.05) is 0 Å². The number of allylic oxidation sites excluding steroid dienone is 1. The molecule has 4 aliphatic carbocycles. The lowest BCUT2D eigenvalue weighted by atomic mass is 9.45. The van der Waals surface area contributed by atoms with Crippen LogP contribution >= 0.6 is 0 Å². The third-order valence-electron chi connectivity index (χ3n) is 5.04. The lowest BCUT2D eigenvalue weighted by molar-refractivity contribution is -0.137. The highest BCUT2D eigenvalue weighted by molar-refractivity contribution is 7.88. The molecule has 3 unspecified atom stereocenters. The summed E-state index contributed by atoms with van der Waals surface area (Å²) in [5, 5.41) is -2.46. The van der Waals surface area contributed by atoms with Crippen LogP contribution in [-0.2, 0) is 19.1 Å². The first-order chi connectivity index (χ1) is 9.72. The van der Waals surface area contributed by atoms with Crippen molar-refractivity contribution in [3.8, 4) is 0 Å². The molecule has 4 rings (SSSR count). The van der Waals surface area contributed by atoms with E-state index in [-0.39, 0.29) is 12.0 Å². The van der Waals surface area contributed by atoms with Crippen LogP contribution in [0.25, 0.3) is 0 Å². The van der Waals surface area contributed by atoms with Crippen molar-refractivity contribution in [2.24, 2.45) is 17.3 Å². The molecule has 0 radical (unpaired) electrons. The Balaban J connectivity index is 1.68. The van der Waals surface area contributed by atoms with Crippen molar-refractivity contribution in [1.29, 1.82) is 0 Å². The number of hydrogen-bond donors (Lipinski definition) is 1. The first-order valence-electron chi connectivity index (χ1n) is 6.89. The van der Waals surface area contributed by atoms with Crippen molar-refractivity contribution in [3.05, 3.63) is 11.6 Å². The Labute approximate surface area is 121 Å². The van der Waals surface area contributed by atoms with E-state index >= 15 is 0 Å². The number of rotatable bonds is 5. The quantitative estimate of drug-likeness (QED) is 0.614. The molecule has 21 heavy (non-hydrogen) atoms. The normalized spacial score (nSPS) is 34.1. The summed E-state index contributed by atoms with van der Waals surface area (Å²) in [4.78, 5) is 11.5. The van der Waals surface area contributed by atoms with Gasteiger partial charge in [-0.3, -0.25) is 8.98 Å². The van der Waals surface area contributed by atoms with Gasteiger partial charge in [-0.2, -0.15) is 17.2 Å². The smallest absolute Gasteiger partial charge is 0.349 e. The number of alkyl halides is 2. The third kappa shape index (κ3) is 2.03. The Hall–Kier alpha value is -1.02. The lowest BCUT2D eigenvalue weighted by Gasteiger charge is -2.60. The molecule has 2 saturated carbocycles. The fraction of sp³-hybridized carbons (Fsp3) is 0.769. The van der Waals surface area contributed by atoms with Crippen LogP contribution < -0.4 is 5.32 Å². The molecular formula is C13H17F2NO4S. The molecule has 0 heterocycles. The average molecular weight is 321 g/mol. The number of halogens is 2. The van der Waals surface area contributed by atoms with E-state index in [1.54, 1.807) is 0 Å². The molecule has 3 atom stereocenters. The number of hydrogen-bond acceptors (Lipinski definition) is 4. The van der Waals surface area contributed by atoms with Gasteiger partial charge in [-0.1, -0.05) is 11.6 Å². The maximum Gasteiger partial charge on any atom is 0.446 e. The van der Waals surface area contributed by atoms with Crippen LogP contribution in [0.4, 0.5) is 8.78 Å². The fourth-order valence-electron chi connectivity index (χ4n) is 4.12. The molecule has 5 nitrogen and oxygen atoms in total. The highest BCUT2D eigenvalue weighted by Crippen LogP contribution is 2.64. The summed E-state index contributed by atoms with van der Waals surface area (Å²) < 4.78 is 53.0. The molecule has 8 heteroatoms. The number of amides is 1. The van der Waals surface area contributed by atoms with Crippen molar-refractivity contribution >= 4 is 16.0 Å². The largest absolute Gasteiger partial charge is 0.446 e. The molecular weight excluding hydrogens is 304 g/mol. The van der Waals surface area contributed by atoms with E-state index in [1.165, 1.54) is 5.57 Å². The minimum atomic E-state index is -5.23. The zero-order valence-electron chi connectivity index (χ0n) is 11.6. The highest BCUT2D eigenvalue weighted by Gasteiger charge is 2.58. The van der Waals surface area contributed by atoms with Crippen molar-refractivity contribution in [1.82, 2.24) is 5.32 Å². The molecule has 0 aromatic carbocycles. The highest BCUT2D eigenvalue weighted by atomic mass is 32.2. The second kappa shape index (κ2) is 4.49. The average Bonchev–Trinajstić information content (AvgIpc) is 2.44. The monoisotopic (exact) mass is 321 g/mol. The third-order valence-corrected chi connectivity index (χ3v) is 6.29. The minimum absolute atomic E-state index is 0.0689. The summed E-state index contributed by atoms with van der Waals surface area (Å²) in [6, 6.07) is 0. The van der Waals surface area contributed by atoms with Gasteiger partial charge in [0.25, 0.3) is 0 Å². The van der Waals surface area contributed by atoms with Crippen LogP contribution in [0.1, 0.15) is 25.7 Å². The number of fused-ring (bicyclic) bond motifs is 1. The van der Waals surface area contributed by atoms with Crippen molar-refractivity contribution < 1.29 is 26.2 Å². The SMILES string of the molecule is COS(=O)(=O)C(F)(F)C(=O)NCC12CC3CC=C1C(C3)C2. The van der Waals surface area contributed by atoms with Gasteiger partial charge in [-0.25, -0.2) is 0 Å². The topological polar surface area (TPSA) is 72.5 Å². The van der Waals surface area contributed by atoms with Gasteiger partial charge in [0.1, 0.15) is 0 Å². The molecule has 1 amide bonds. The van der Waals surface area contributed by atoms with E-state index < -0.39 is 21.3 Å². The Morgan fingerprint density at radius 2 is 2.24 bits per heavy atom. The van der Waals surface area contributed by atoms with E-state index in [4.69, 9.17) is 0 Å². The maximum atomic E-state index is 13.5. The van der Waals surface area contributed by atoms with Crippen LogP contribution in [0.2, 0.25) is 0 Å². The Kier molecular flexibility index (Phi) is 3.18. The Morgan fingerprint density at radius 3 is 2.76 bits per heavy atom. The van der Waals surface area contributed by atoms with Crippen molar-refractivity contribution in [2.75, 3.05) is 13.7 Å². The van der Waals surface area contributed by atoms with Crippen LogP contribution in [0.5, 0.6) is 0 Å². The van der Waals surface area contributed by atoms with Crippen molar-refractivity contribution in [3.63, 3.8) is 0 Å². The van der Waals surface area contributed by atoms with E-state index in [0.29, 0.717) is 18.9 Å². The summed E-state index contributed by atoms with van der Waals surface area (Å²) in [6.45, 7) is 0.0689. The molecule has 0 saturated heterocycles. The van der Waals surface area contributed by atoms with Gasteiger partial charge in [0, 0.05) is 12.0 Å².